The number of hydrogen-bond donors (Lipinski definition) is 2. The Morgan fingerprint density at radius 2 is 1.82 bits per heavy atom. The molecule has 0 aliphatic rings. The number of carbonyl (C=O) groups is 1. The first-order valence-corrected chi connectivity index (χ1v) is 7.42. The zero-order valence-electron chi connectivity index (χ0n) is 12.1. The van der Waals surface area contributed by atoms with Gasteiger partial charge in [0.1, 0.15) is 6.61 Å². The van der Waals surface area contributed by atoms with Crippen LogP contribution in [0.2, 0.25) is 0 Å². The van der Waals surface area contributed by atoms with Crippen LogP contribution in [0.15, 0.2) is 59.5 Å². The molecule has 0 saturated carbocycles. The normalized spacial score (nSPS) is 9.50. The van der Waals surface area contributed by atoms with E-state index in [2.05, 4.69) is 29.8 Å². The summed E-state index contributed by atoms with van der Waals surface area (Å²) in [5.74, 6) is 6.03. The van der Waals surface area contributed by atoms with Gasteiger partial charge in [-0.05, 0) is 17.7 Å². The summed E-state index contributed by atoms with van der Waals surface area (Å²) < 4.78 is 5.10. The molecule has 0 radical (unpaired) electrons. The average molecular weight is 311 g/mol. The summed E-state index contributed by atoms with van der Waals surface area (Å²) in [5, 5.41) is 2.67. The minimum Gasteiger partial charge on any atom is -0.445 e. The smallest absolute Gasteiger partial charge is 0.407 e. The number of hydrogen-bond acceptors (Lipinski definition) is 3. The summed E-state index contributed by atoms with van der Waals surface area (Å²) in [4.78, 5) is 12.4. The second kappa shape index (κ2) is 8.81. The molecular formula is C18H17NO2S. The Kier molecular flexibility index (Phi) is 6.40. The van der Waals surface area contributed by atoms with Gasteiger partial charge in [0.25, 0.3) is 0 Å². The lowest BCUT2D eigenvalue weighted by molar-refractivity contribution is 0.140. The van der Waals surface area contributed by atoms with Gasteiger partial charge in [0, 0.05) is 23.4 Å². The number of amides is 1. The van der Waals surface area contributed by atoms with Gasteiger partial charge in [0.2, 0.25) is 0 Å². The van der Waals surface area contributed by atoms with Crippen LogP contribution in [0.1, 0.15) is 17.5 Å². The van der Waals surface area contributed by atoms with Gasteiger partial charge in [0.15, 0.2) is 0 Å². The number of alkyl carbamates (subject to hydrolysis) is 1. The SMILES string of the molecule is O=C(NCCC#Cc1ccccc1S)OCc1ccccc1. The summed E-state index contributed by atoms with van der Waals surface area (Å²) in [5.41, 5.74) is 1.85. The molecule has 4 heteroatoms. The second-order valence-electron chi connectivity index (χ2n) is 4.56. The highest BCUT2D eigenvalue weighted by atomic mass is 32.1. The molecular weight excluding hydrogens is 294 g/mol. The third kappa shape index (κ3) is 5.55. The number of rotatable bonds is 4. The Hall–Kier alpha value is -2.38. The highest BCUT2D eigenvalue weighted by Gasteiger charge is 2.00. The Balaban J connectivity index is 1.67. The van der Waals surface area contributed by atoms with Gasteiger partial charge < -0.3 is 10.1 Å². The Labute approximate surface area is 136 Å². The Morgan fingerprint density at radius 3 is 2.59 bits per heavy atom. The van der Waals surface area contributed by atoms with Gasteiger partial charge in [-0.25, -0.2) is 4.79 Å². The molecule has 0 saturated heterocycles. The Morgan fingerprint density at radius 1 is 1.09 bits per heavy atom. The first-order valence-electron chi connectivity index (χ1n) is 6.97. The van der Waals surface area contributed by atoms with E-state index in [0.717, 1.165) is 16.0 Å². The van der Waals surface area contributed by atoms with Crippen molar-refractivity contribution in [1.82, 2.24) is 5.32 Å². The topological polar surface area (TPSA) is 38.3 Å². The summed E-state index contributed by atoms with van der Waals surface area (Å²) in [6.45, 7) is 0.723. The second-order valence-corrected chi connectivity index (χ2v) is 5.04. The van der Waals surface area contributed by atoms with Crippen LogP contribution in [-0.2, 0) is 11.3 Å². The predicted molar refractivity (Wildman–Crippen MR) is 89.8 cm³/mol. The van der Waals surface area contributed by atoms with E-state index in [-0.39, 0.29) is 6.61 Å². The van der Waals surface area contributed by atoms with Crippen molar-refractivity contribution in [3.8, 4) is 11.8 Å². The van der Waals surface area contributed by atoms with Crippen molar-refractivity contribution in [2.24, 2.45) is 0 Å². The minimum atomic E-state index is -0.430. The number of carbonyl (C=O) groups excluding carboxylic acids is 1. The largest absolute Gasteiger partial charge is 0.445 e. The van der Waals surface area contributed by atoms with Crippen LogP contribution in [-0.4, -0.2) is 12.6 Å². The maximum Gasteiger partial charge on any atom is 0.407 e. The molecule has 0 unspecified atom stereocenters. The van der Waals surface area contributed by atoms with Gasteiger partial charge in [-0.15, -0.1) is 12.6 Å². The lowest BCUT2D eigenvalue weighted by Crippen LogP contribution is -2.24. The predicted octanol–water partition coefficient (Wildman–Crippen LogP) is 3.64. The highest BCUT2D eigenvalue weighted by molar-refractivity contribution is 7.80. The molecule has 1 amide bonds. The summed E-state index contributed by atoms with van der Waals surface area (Å²) in [6, 6.07) is 17.2. The van der Waals surface area contributed by atoms with E-state index in [9.17, 15) is 4.79 Å². The fraction of sp³-hybridized carbons (Fsp3) is 0.167. The van der Waals surface area contributed by atoms with Crippen LogP contribution in [0, 0.1) is 11.8 Å². The molecule has 2 aromatic rings. The van der Waals surface area contributed by atoms with E-state index in [1.807, 2.05) is 54.6 Å². The first kappa shape index (κ1) is 16.0. The van der Waals surface area contributed by atoms with E-state index in [1.165, 1.54) is 0 Å². The van der Waals surface area contributed by atoms with Crippen LogP contribution >= 0.6 is 12.6 Å². The fourth-order valence-electron chi connectivity index (χ4n) is 1.74. The van der Waals surface area contributed by atoms with Crippen molar-refractivity contribution in [3.63, 3.8) is 0 Å². The molecule has 112 valence electrons. The lowest BCUT2D eigenvalue weighted by atomic mass is 10.2. The standard InChI is InChI=1S/C18H17NO2S/c20-18(21-14-15-8-2-1-3-9-15)19-13-7-6-11-16-10-4-5-12-17(16)22/h1-5,8-10,12,22H,7,13-14H2,(H,19,20). The van der Waals surface area contributed by atoms with Crippen LogP contribution in [0.25, 0.3) is 0 Å². The van der Waals surface area contributed by atoms with Gasteiger partial charge >= 0.3 is 6.09 Å². The van der Waals surface area contributed by atoms with Crippen LogP contribution in [0.3, 0.4) is 0 Å². The van der Waals surface area contributed by atoms with Crippen molar-refractivity contribution in [1.29, 1.82) is 0 Å². The molecule has 0 aliphatic carbocycles. The van der Waals surface area contributed by atoms with Gasteiger partial charge in [-0.1, -0.05) is 54.3 Å². The van der Waals surface area contributed by atoms with E-state index < -0.39 is 6.09 Å². The molecule has 0 fully saturated rings. The minimum absolute atomic E-state index is 0.269. The molecule has 22 heavy (non-hydrogen) atoms. The number of ether oxygens (including phenoxy) is 1. The molecule has 2 rings (SSSR count). The van der Waals surface area contributed by atoms with Gasteiger partial charge in [0.05, 0.1) is 0 Å². The lowest BCUT2D eigenvalue weighted by Gasteiger charge is -2.05. The number of thiol groups is 1. The summed E-state index contributed by atoms with van der Waals surface area (Å²) in [6.07, 6.45) is 0.128. The summed E-state index contributed by atoms with van der Waals surface area (Å²) >= 11 is 4.33. The van der Waals surface area contributed by atoms with Crippen LogP contribution < -0.4 is 5.32 Å². The number of benzene rings is 2. The first-order chi connectivity index (χ1) is 10.8. The van der Waals surface area contributed by atoms with Crippen molar-refractivity contribution >= 4 is 18.7 Å². The quantitative estimate of drug-likeness (QED) is 0.514. The third-order valence-corrected chi connectivity index (χ3v) is 3.25. The van der Waals surface area contributed by atoms with E-state index in [0.29, 0.717) is 13.0 Å². The monoisotopic (exact) mass is 311 g/mol. The molecule has 0 bridgehead atoms. The molecule has 3 nitrogen and oxygen atoms in total. The molecule has 2 aromatic carbocycles. The maximum atomic E-state index is 11.5. The van der Waals surface area contributed by atoms with Crippen molar-refractivity contribution in [3.05, 3.63) is 65.7 Å². The number of nitrogens with one attached hydrogen (secondary N) is 1. The maximum absolute atomic E-state index is 11.5. The van der Waals surface area contributed by atoms with Gasteiger partial charge in [-0.3, -0.25) is 0 Å². The molecule has 0 spiro atoms. The van der Waals surface area contributed by atoms with Crippen LogP contribution in [0.4, 0.5) is 4.79 Å². The highest BCUT2D eigenvalue weighted by Crippen LogP contribution is 2.10. The molecule has 0 heterocycles. The van der Waals surface area contributed by atoms with Gasteiger partial charge in [-0.2, -0.15) is 0 Å². The third-order valence-electron chi connectivity index (χ3n) is 2.86. The molecule has 1 N–H and O–H groups in total. The van der Waals surface area contributed by atoms with Crippen molar-refractivity contribution < 1.29 is 9.53 Å². The average Bonchev–Trinajstić information content (AvgIpc) is 2.55. The van der Waals surface area contributed by atoms with E-state index >= 15 is 0 Å². The summed E-state index contributed by atoms with van der Waals surface area (Å²) in [7, 11) is 0. The van der Waals surface area contributed by atoms with Crippen molar-refractivity contribution in [2.75, 3.05) is 6.54 Å². The fourth-order valence-corrected chi connectivity index (χ4v) is 1.95. The molecule has 0 atom stereocenters. The zero-order chi connectivity index (χ0) is 15.6. The van der Waals surface area contributed by atoms with E-state index in [1.54, 1.807) is 0 Å². The zero-order valence-corrected chi connectivity index (χ0v) is 13.0. The van der Waals surface area contributed by atoms with Crippen LogP contribution in [0.5, 0.6) is 0 Å². The molecule has 0 aromatic heterocycles. The van der Waals surface area contributed by atoms with E-state index in [4.69, 9.17) is 4.74 Å². The van der Waals surface area contributed by atoms with Crippen molar-refractivity contribution in [2.45, 2.75) is 17.9 Å². The Bertz CT molecular complexity index is 674. The molecule has 0 aliphatic heterocycles.